The topological polar surface area (TPSA) is 118 Å². The van der Waals surface area contributed by atoms with Gasteiger partial charge in [0, 0.05) is 36.3 Å². The molecule has 6 rings (SSSR count). The number of halogens is 2. The molecule has 3 aromatic heterocycles. The van der Waals surface area contributed by atoms with Crippen LogP contribution in [0.4, 0.5) is 4.39 Å². The lowest BCUT2D eigenvalue weighted by atomic mass is 10.0. The van der Waals surface area contributed by atoms with Crippen LogP contribution in [-0.2, 0) is 24.4 Å². The summed E-state index contributed by atoms with van der Waals surface area (Å²) in [6.07, 6.45) is 3.96. The van der Waals surface area contributed by atoms with Crippen molar-refractivity contribution in [3.63, 3.8) is 0 Å². The monoisotopic (exact) mass is 552 g/mol. The third-order valence-electron chi connectivity index (χ3n) is 6.96. The van der Waals surface area contributed by atoms with Crippen molar-refractivity contribution >= 4 is 34.4 Å². The predicted octanol–water partition coefficient (Wildman–Crippen LogP) is 4.30. The van der Waals surface area contributed by atoms with Gasteiger partial charge in [0.1, 0.15) is 18.2 Å². The number of imidazole rings is 2. The average Bonchev–Trinajstić information content (AvgIpc) is 3.45. The summed E-state index contributed by atoms with van der Waals surface area (Å²) >= 11 is 5.83. The minimum Gasteiger partial charge on any atom is -0.475 e. The van der Waals surface area contributed by atoms with Crippen molar-refractivity contribution in [2.24, 2.45) is 0 Å². The van der Waals surface area contributed by atoms with Crippen LogP contribution in [0, 0.1) is 5.82 Å². The molecule has 5 heterocycles. The van der Waals surface area contributed by atoms with Gasteiger partial charge in [0.05, 0.1) is 24.9 Å². The predicted molar refractivity (Wildman–Crippen MR) is 141 cm³/mol. The number of hydrogen-bond acceptors (Lipinski definition) is 7. The highest BCUT2D eigenvalue weighted by atomic mass is 35.5. The van der Waals surface area contributed by atoms with E-state index >= 15 is 0 Å². The minimum absolute atomic E-state index is 0.0572. The van der Waals surface area contributed by atoms with Crippen molar-refractivity contribution in [2.75, 3.05) is 19.7 Å². The SMILES string of the molecule is O=C(O)c1nc2c(nc(CN3CC=C(c4cccc(OCc5ccc(Cl)cc5F)n4)CC3)n2C[C@@H]2CCO2)[nH]1. The van der Waals surface area contributed by atoms with Crippen LogP contribution in [-0.4, -0.2) is 66.3 Å². The number of carbonyl (C=O) groups is 1. The largest absolute Gasteiger partial charge is 0.475 e. The second-order valence-corrected chi connectivity index (χ2v) is 10.0. The molecule has 202 valence electrons. The number of rotatable bonds is 9. The Balaban J connectivity index is 1.13. The fraction of sp³-hybridized carbons (Fsp3) is 0.333. The lowest BCUT2D eigenvalue weighted by Crippen LogP contribution is -2.33. The molecule has 0 amide bonds. The zero-order valence-electron chi connectivity index (χ0n) is 20.9. The molecule has 1 saturated heterocycles. The number of fused-ring (bicyclic) bond motifs is 1. The molecule has 0 bridgehead atoms. The fourth-order valence-electron chi connectivity index (χ4n) is 4.73. The zero-order chi connectivity index (χ0) is 26.9. The van der Waals surface area contributed by atoms with E-state index in [4.69, 9.17) is 21.1 Å². The number of carboxylic acid groups (broad SMARTS) is 1. The Morgan fingerprint density at radius 1 is 1.26 bits per heavy atom. The van der Waals surface area contributed by atoms with Crippen LogP contribution in [0.15, 0.2) is 42.5 Å². The van der Waals surface area contributed by atoms with Gasteiger partial charge in [0.25, 0.3) is 0 Å². The van der Waals surface area contributed by atoms with Crippen LogP contribution in [0.2, 0.25) is 5.02 Å². The Morgan fingerprint density at radius 2 is 2.13 bits per heavy atom. The fourth-order valence-corrected chi connectivity index (χ4v) is 4.89. The molecule has 2 aliphatic heterocycles. The molecular formula is C27H26ClFN6O4. The highest BCUT2D eigenvalue weighted by molar-refractivity contribution is 6.30. The Morgan fingerprint density at radius 3 is 2.85 bits per heavy atom. The smallest absolute Gasteiger partial charge is 0.372 e. The van der Waals surface area contributed by atoms with E-state index < -0.39 is 11.8 Å². The molecule has 1 fully saturated rings. The number of carboxylic acids is 1. The Bertz CT molecular complexity index is 1560. The molecule has 1 aromatic carbocycles. The zero-order valence-corrected chi connectivity index (χ0v) is 21.7. The summed E-state index contributed by atoms with van der Waals surface area (Å²) in [5.41, 5.74) is 3.35. The van der Waals surface area contributed by atoms with E-state index in [1.54, 1.807) is 18.2 Å². The number of ether oxygens (including phenoxy) is 2. The van der Waals surface area contributed by atoms with Gasteiger partial charge in [0.2, 0.25) is 11.7 Å². The van der Waals surface area contributed by atoms with Gasteiger partial charge in [-0.3, -0.25) is 4.90 Å². The summed E-state index contributed by atoms with van der Waals surface area (Å²) in [6, 6.07) is 10.1. The van der Waals surface area contributed by atoms with Crippen molar-refractivity contribution in [3.8, 4) is 5.88 Å². The number of aromatic carboxylic acids is 1. The van der Waals surface area contributed by atoms with E-state index in [9.17, 15) is 14.3 Å². The first-order valence-electron chi connectivity index (χ1n) is 12.7. The van der Waals surface area contributed by atoms with E-state index in [0.717, 1.165) is 43.1 Å². The number of nitrogens with zero attached hydrogens (tertiary/aromatic N) is 5. The summed E-state index contributed by atoms with van der Waals surface area (Å²) in [5.74, 6) is -0.408. The maximum atomic E-state index is 14.1. The molecule has 12 heteroatoms. The van der Waals surface area contributed by atoms with Crippen LogP contribution in [0.3, 0.4) is 0 Å². The first-order valence-corrected chi connectivity index (χ1v) is 13.1. The van der Waals surface area contributed by atoms with Crippen LogP contribution < -0.4 is 4.74 Å². The summed E-state index contributed by atoms with van der Waals surface area (Å²) in [4.78, 5) is 30.0. The molecule has 1 atom stereocenters. The quantitative estimate of drug-likeness (QED) is 0.315. The highest BCUT2D eigenvalue weighted by Crippen LogP contribution is 2.26. The third-order valence-corrected chi connectivity index (χ3v) is 7.19. The number of hydrogen-bond donors (Lipinski definition) is 2. The van der Waals surface area contributed by atoms with Gasteiger partial charge in [-0.15, -0.1) is 0 Å². The van der Waals surface area contributed by atoms with Gasteiger partial charge in [-0.1, -0.05) is 29.8 Å². The van der Waals surface area contributed by atoms with Gasteiger partial charge in [-0.2, -0.15) is 0 Å². The molecule has 0 aliphatic carbocycles. The van der Waals surface area contributed by atoms with Gasteiger partial charge in [0.15, 0.2) is 11.3 Å². The molecule has 0 unspecified atom stereocenters. The summed E-state index contributed by atoms with van der Waals surface area (Å²) in [5, 5.41) is 9.64. The number of aromatic amines is 1. The Kier molecular flexibility index (Phi) is 7.03. The van der Waals surface area contributed by atoms with Crippen molar-refractivity contribution < 1.29 is 23.8 Å². The van der Waals surface area contributed by atoms with E-state index in [1.165, 1.54) is 6.07 Å². The van der Waals surface area contributed by atoms with Crippen LogP contribution in [0.1, 0.15) is 40.5 Å². The van der Waals surface area contributed by atoms with Crippen molar-refractivity contribution in [2.45, 2.75) is 38.6 Å². The first kappa shape index (κ1) is 25.5. The lowest BCUT2D eigenvalue weighted by Gasteiger charge is -2.29. The number of nitrogens with one attached hydrogen (secondary N) is 1. The third kappa shape index (κ3) is 5.51. The van der Waals surface area contributed by atoms with Gasteiger partial charge in [-0.05, 0) is 36.6 Å². The lowest BCUT2D eigenvalue weighted by molar-refractivity contribution is -0.0592. The molecule has 2 N–H and O–H groups in total. The normalized spacial score (nSPS) is 17.7. The maximum absolute atomic E-state index is 14.1. The van der Waals surface area contributed by atoms with E-state index in [1.807, 2.05) is 16.7 Å². The summed E-state index contributed by atoms with van der Waals surface area (Å²) in [6.45, 7) is 3.46. The van der Waals surface area contributed by atoms with Crippen molar-refractivity contribution in [3.05, 3.63) is 76.2 Å². The molecule has 0 saturated carbocycles. The number of H-pyrrole nitrogens is 1. The molecule has 0 spiro atoms. The second kappa shape index (κ2) is 10.8. The standard InChI is InChI=1S/C27H26ClFN6O4/c28-18-5-4-17(20(29)12-18)15-39-23-3-1-2-21(30-23)16-6-9-34(10-7-16)14-22-31-24-26(33-25(32-24)27(36)37)35(22)13-19-8-11-38-19/h1-6,12,19H,7-11,13-15H2,(H,32,33)(H,36,37)/t19-/m0/s1. The van der Waals surface area contributed by atoms with Crippen LogP contribution in [0.5, 0.6) is 5.88 Å². The van der Waals surface area contributed by atoms with E-state index in [0.29, 0.717) is 47.4 Å². The Labute approximate surface area is 228 Å². The molecule has 4 aromatic rings. The van der Waals surface area contributed by atoms with Crippen LogP contribution >= 0.6 is 11.6 Å². The second-order valence-electron chi connectivity index (χ2n) is 9.58. The molecule has 10 nitrogen and oxygen atoms in total. The van der Waals surface area contributed by atoms with Crippen molar-refractivity contribution in [1.82, 2.24) is 29.4 Å². The van der Waals surface area contributed by atoms with Gasteiger partial charge < -0.3 is 24.1 Å². The van der Waals surface area contributed by atoms with Gasteiger partial charge >= 0.3 is 5.97 Å². The van der Waals surface area contributed by atoms with Crippen LogP contribution in [0.25, 0.3) is 16.9 Å². The molecule has 0 radical (unpaired) electrons. The first-order chi connectivity index (χ1) is 18.9. The minimum atomic E-state index is -1.12. The average molecular weight is 553 g/mol. The summed E-state index contributed by atoms with van der Waals surface area (Å²) in [7, 11) is 0. The number of aromatic nitrogens is 5. The van der Waals surface area contributed by atoms with E-state index in [2.05, 4.69) is 30.9 Å². The molecular weight excluding hydrogens is 527 g/mol. The maximum Gasteiger partial charge on any atom is 0.372 e. The highest BCUT2D eigenvalue weighted by Gasteiger charge is 2.26. The number of pyridine rings is 1. The van der Waals surface area contributed by atoms with Crippen molar-refractivity contribution in [1.29, 1.82) is 0 Å². The molecule has 39 heavy (non-hydrogen) atoms. The van der Waals surface area contributed by atoms with Gasteiger partial charge in [-0.25, -0.2) is 24.1 Å². The molecule has 2 aliphatic rings. The Hall–Kier alpha value is -3.80. The van der Waals surface area contributed by atoms with E-state index in [-0.39, 0.29) is 18.5 Å². The summed E-state index contributed by atoms with van der Waals surface area (Å²) < 4.78 is 27.4. The number of benzene rings is 1.